The Morgan fingerprint density at radius 2 is 2.19 bits per heavy atom. The molecule has 0 amide bonds. The van der Waals surface area contributed by atoms with Crippen molar-refractivity contribution >= 4 is 0 Å². The van der Waals surface area contributed by atoms with Crippen LogP contribution in [0.4, 0.5) is 0 Å². The number of nitrogens with one attached hydrogen (secondary N) is 1. The summed E-state index contributed by atoms with van der Waals surface area (Å²) in [5, 5.41) is 3.75. The van der Waals surface area contributed by atoms with Crippen LogP contribution < -0.4 is 5.32 Å². The zero-order chi connectivity index (χ0) is 11.4. The molecule has 1 heterocycles. The lowest BCUT2D eigenvalue weighted by atomic mass is 10.1. The molecule has 1 aromatic rings. The van der Waals surface area contributed by atoms with Gasteiger partial charge >= 0.3 is 0 Å². The van der Waals surface area contributed by atoms with E-state index in [1.54, 1.807) is 0 Å². The van der Waals surface area contributed by atoms with Crippen molar-refractivity contribution in [3.8, 4) is 0 Å². The van der Waals surface area contributed by atoms with Gasteiger partial charge in [-0.2, -0.15) is 0 Å². The molecule has 1 aromatic heterocycles. The Morgan fingerprint density at radius 3 is 2.81 bits per heavy atom. The van der Waals surface area contributed by atoms with Crippen LogP contribution in [0.1, 0.15) is 44.7 Å². The Kier molecular flexibility index (Phi) is 4.05. The molecule has 1 saturated carbocycles. The number of hydrogen-bond acceptors (Lipinski definition) is 1. The fraction of sp³-hybridized carbons (Fsp3) is 0.714. The monoisotopic (exact) mass is 220 g/mol. The molecule has 1 aliphatic carbocycles. The Morgan fingerprint density at radius 1 is 1.44 bits per heavy atom. The van der Waals surface area contributed by atoms with Crippen LogP contribution in [0, 0.1) is 0 Å². The number of nitrogens with zero attached hydrogens (tertiary/aromatic N) is 1. The summed E-state index contributed by atoms with van der Waals surface area (Å²) < 4.78 is 2.22. The Bertz CT molecular complexity index is 310. The lowest BCUT2D eigenvalue weighted by Crippen LogP contribution is -2.34. The molecule has 0 aliphatic heterocycles. The van der Waals surface area contributed by atoms with E-state index in [-0.39, 0.29) is 0 Å². The minimum Gasteiger partial charge on any atom is -0.354 e. The summed E-state index contributed by atoms with van der Waals surface area (Å²) >= 11 is 0. The van der Waals surface area contributed by atoms with Crippen LogP contribution in [0.25, 0.3) is 0 Å². The van der Waals surface area contributed by atoms with Gasteiger partial charge in [0.25, 0.3) is 0 Å². The van der Waals surface area contributed by atoms with E-state index >= 15 is 0 Å². The quantitative estimate of drug-likeness (QED) is 0.807. The topological polar surface area (TPSA) is 17.0 Å². The van der Waals surface area contributed by atoms with Gasteiger partial charge in [-0.25, -0.2) is 0 Å². The van der Waals surface area contributed by atoms with Gasteiger partial charge in [0, 0.05) is 31.0 Å². The Balaban J connectivity index is 1.71. The first-order valence-corrected chi connectivity index (χ1v) is 6.62. The van der Waals surface area contributed by atoms with Crippen LogP contribution in [0.2, 0.25) is 0 Å². The van der Waals surface area contributed by atoms with Gasteiger partial charge in [-0.1, -0.05) is 12.8 Å². The van der Waals surface area contributed by atoms with Gasteiger partial charge in [0.1, 0.15) is 0 Å². The molecule has 0 aromatic carbocycles. The molecule has 90 valence electrons. The SMILES string of the molecule is CC(CCc1cccn1C)NC1CCCC1. The molecule has 1 atom stereocenters. The molecule has 2 nitrogen and oxygen atoms in total. The largest absolute Gasteiger partial charge is 0.354 e. The van der Waals surface area contributed by atoms with Gasteiger partial charge in [0.15, 0.2) is 0 Å². The minimum absolute atomic E-state index is 0.651. The summed E-state index contributed by atoms with van der Waals surface area (Å²) in [6.07, 6.45) is 10.2. The first-order valence-electron chi connectivity index (χ1n) is 6.62. The normalized spacial score (nSPS) is 19.1. The van der Waals surface area contributed by atoms with Gasteiger partial charge in [0.2, 0.25) is 0 Å². The van der Waals surface area contributed by atoms with Gasteiger partial charge in [-0.3, -0.25) is 0 Å². The highest BCUT2D eigenvalue weighted by Crippen LogP contribution is 2.18. The second kappa shape index (κ2) is 5.53. The molecule has 2 rings (SSSR count). The summed E-state index contributed by atoms with van der Waals surface area (Å²) in [6.45, 7) is 2.32. The average Bonchev–Trinajstić information content (AvgIpc) is 2.87. The van der Waals surface area contributed by atoms with Crippen molar-refractivity contribution in [2.24, 2.45) is 7.05 Å². The third kappa shape index (κ3) is 3.11. The van der Waals surface area contributed by atoms with Crippen LogP contribution in [-0.2, 0) is 13.5 Å². The molecular weight excluding hydrogens is 196 g/mol. The molecule has 1 fully saturated rings. The molecular formula is C14H24N2. The van der Waals surface area contributed by atoms with Crippen molar-refractivity contribution in [1.82, 2.24) is 9.88 Å². The summed E-state index contributed by atoms with van der Waals surface area (Å²) in [7, 11) is 2.13. The highest BCUT2D eigenvalue weighted by Gasteiger charge is 2.16. The van der Waals surface area contributed by atoms with Gasteiger partial charge in [0.05, 0.1) is 0 Å². The second-order valence-electron chi connectivity index (χ2n) is 5.20. The van der Waals surface area contributed by atoms with Crippen molar-refractivity contribution in [3.63, 3.8) is 0 Å². The maximum Gasteiger partial charge on any atom is 0.0172 e. The number of hydrogen-bond donors (Lipinski definition) is 1. The van der Waals surface area contributed by atoms with E-state index in [0.717, 1.165) is 6.04 Å². The van der Waals surface area contributed by atoms with E-state index in [1.165, 1.54) is 44.2 Å². The standard InChI is InChI=1S/C14H24N2/c1-12(15-13-6-3-4-7-13)9-10-14-8-5-11-16(14)2/h5,8,11-13,15H,3-4,6-7,9-10H2,1-2H3. The van der Waals surface area contributed by atoms with E-state index in [9.17, 15) is 0 Å². The van der Waals surface area contributed by atoms with Gasteiger partial charge in [-0.05, 0) is 44.7 Å². The highest BCUT2D eigenvalue weighted by molar-refractivity contribution is 5.06. The van der Waals surface area contributed by atoms with E-state index < -0.39 is 0 Å². The summed E-state index contributed by atoms with van der Waals surface area (Å²) in [5.41, 5.74) is 1.44. The van der Waals surface area contributed by atoms with Crippen LogP contribution in [0.5, 0.6) is 0 Å². The van der Waals surface area contributed by atoms with Crippen molar-refractivity contribution in [1.29, 1.82) is 0 Å². The third-order valence-electron chi connectivity index (χ3n) is 3.76. The number of aryl methyl sites for hydroxylation is 2. The van der Waals surface area contributed by atoms with Gasteiger partial charge < -0.3 is 9.88 Å². The van der Waals surface area contributed by atoms with Gasteiger partial charge in [-0.15, -0.1) is 0 Å². The molecule has 1 unspecified atom stereocenters. The molecule has 1 aliphatic rings. The summed E-state index contributed by atoms with van der Waals surface area (Å²) in [6, 6.07) is 5.80. The first kappa shape index (κ1) is 11.7. The summed E-state index contributed by atoms with van der Waals surface area (Å²) in [5.74, 6) is 0. The molecule has 2 heteroatoms. The lowest BCUT2D eigenvalue weighted by Gasteiger charge is -2.19. The van der Waals surface area contributed by atoms with Crippen molar-refractivity contribution in [2.45, 2.75) is 57.5 Å². The van der Waals surface area contributed by atoms with Crippen molar-refractivity contribution < 1.29 is 0 Å². The van der Waals surface area contributed by atoms with Crippen LogP contribution in [-0.4, -0.2) is 16.7 Å². The average molecular weight is 220 g/mol. The predicted molar refractivity (Wildman–Crippen MR) is 68.6 cm³/mol. The third-order valence-corrected chi connectivity index (χ3v) is 3.76. The predicted octanol–water partition coefficient (Wildman–Crippen LogP) is 2.88. The maximum atomic E-state index is 3.75. The Hall–Kier alpha value is -0.760. The second-order valence-corrected chi connectivity index (χ2v) is 5.20. The fourth-order valence-corrected chi connectivity index (χ4v) is 2.70. The number of rotatable bonds is 5. The maximum absolute atomic E-state index is 3.75. The summed E-state index contributed by atoms with van der Waals surface area (Å²) in [4.78, 5) is 0. The fourth-order valence-electron chi connectivity index (χ4n) is 2.70. The molecule has 0 radical (unpaired) electrons. The van der Waals surface area contributed by atoms with Crippen LogP contribution >= 0.6 is 0 Å². The van der Waals surface area contributed by atoms with Crippen molar-refractivity contribution in [2.75, 3.05) is 0 Å². The zero-order valence-corrected chi connectivity index (χ0v) is 10.6. The zero-order valence-electron chi connectivity index (χ0n) is 10.6. The minimum atomic E-state index is 0.651. The highest BCUT2D eigenvalue weighted by atomic mass is 15.0. The van der Waals surface area contributed by atoms with E-state index in [2.05, 4.69) is 42.2 Å². The van der Waals surface area contributed by atoms with E-state index in [1.807, 2.05) is 0 Å². The molecule has 0 spiro atoms. The van der Waals surface area contributed by atoms with Crippen LogP contribution in [0.3, 0.4) is 0 Å². The molecule has 16 heavy (non-hydrogen) atoms. The smallest absolute Gasteiger partial charge is 0.0172 e. The van der Waals surface area contributed by atoms with Crippen molar-refractivity contribution in [3.05, 3.63) is 24.0 Å². The van der Waals surface area contributed by atoms with E-state index in [4.69, 9.17) is 0 Å². The molecule has 0 bridgehead atoms. The molecule has 0 saturated heterocycles. The first-order chi connectivity index (χ1) is 7.75. The molecule has 1 N–H and O–H groups in total. The lowest BCUT2D eigenvalue weighted by molar-refractivity contribution is 0.429. The van der Waals surface area contributed by atoms with Crippen LogP contribution in [0.15, 0.2) is 18.3 Å². The Labute approximate surface area is 99.0 Å². The number of aromatic nitrogens is 1. The van der Waals surface area contributed by atoms with E-state index in [0.29, 0.717) is 6.04 Å².